The van der Waals surface area contributed by atoms with Crippen LogP contribution in [0.1, 0.15) is 20.8 Å². The normalized spacial score (nSPS) is 17.4. The summed E-state index contributed by atoms with van der Waals surface area (Å²) < 4.78 is 0. The van der Waals surface area contributed by atoms with Crippen molar-refractivity contribution in [2.24, 2.45) is 5.41 Å². The summed E-state index contributed by atoms with van der Waals surface area (Å²) >= 11 is 0. The van der Waals surface area contributed by atoms with Crippen molar-refractivity contribution < 1.29 is 4.79 Å². The second-order valence-corrected chi connectivity index (χ2v) is 6.65. The summed E-state index contributed by atoms with van der Waals surface area (Å²) in [7, 11) is 0. The zero-order valence-corrected chi connectivity index (χ0v) is 14.2. The molecule has 1 heterocycles. The average molecular weight is 314 g/mol. The van der Waals surface area contributed by atoms with Gasteiger partial charge < -0.3 is 10.2 Å². The monoisotopic (exact) mass is 314 g/mol. The number of anilines is 1. The maximum absolute atomic E-state index is 12.0. The fourth-order valence-electron chi connectivity index (χ4n) is 2.70. The molecule has 1 aliphatic heterocycles. The summed E-state index contributed by atoms with van der Waals surface area (Å²) in [6, 6.07) is 12.8. The predicted octanol–water partition coefficient (Wildman–Crippen LogP) is 1.86. The molecule has 1 aromatic carbocycles. The molecule has 1 amide bonds. The van der Waals surface area contributed by atoms with Gasteiger partial charge in [0.05, 0.1) is 6.07 Å². The standard InChI is InChI=1S/C18H26N4O/c1-15(13-20-17(23)18(2,3)14-19)21-9-11-22(12-10-21)16-7-5-4-6-8-16/h4-8,15H,9-13H2,1-3H3,(H,20,23). The Kier molecular flexibility index (Phi) is 5.62. The number of nitrogens with one attached hydrogen (secondary N) is 1. The van der Waals surface area contributed by atoms with E-state index in [1.54, 1.807) is 13.8 Å². The quantitative estimate of drug-likeness (QED) is 0.901. The van der Waals surface area contributed by atoms with Gasteiger partial charge in [-0.15, -0.1) is 0 Å². The van der Waals surface area contributed by atoms with E-state index in [0.717, 1.165) is 26.2 Å². The van der Waals surface area contributed by atoms with Gasteiger partial charge in [0.15, 0.2) is 0 Å². The van der Waals surface area contributed by atoms with Gasteiger partial charge in [0, 0.05) is 44.5 Å². The smallest absolute Gasteiger partial charge is 0.239 e. The van der Waals surface area contributed by atoms with Crippen LogP contribution in [0.25, 0.3) is 0 Å². The van der Waals surface area contributed by atoms with Crippen LogP contribution < -0.4 is 10.2 Å². The number of piperazine rings is 1. The highest BCUT2D eigenvalue weighted by Crippen LogP contribution is 2.17. The molecule has 0 aliphatic carbocycles. The van der Waals surface area contributed by atoms with Crippen molar-refractivity contribution in [3.63, 3.8) is 0 Å². The zero-order valence-electron chi connectivity index (χ0n) is 14.2. The highest BCUT2D eigenvalue weighted by atomic mass is 16.2. The SMILES string of the molecule is CC(CNC(=O)C(C)(C)C#N)N1CCN(c2ccccc2)CC1. The Hall–Kier alpha value is -2.06. The summed E-state index contributed by atoms with van der Waals surface area (Å²) in [5, 5.41) is 11.9. The van der Waals surface area contributed by atoms with E-state index in [2.05, 4.69) is 46.3 Å². The third-order valence-corrected chi connectivity index (χ3v) is 4.46. The number of para-hydroxylation sites is 1. The minimum Gasteiger partial charge on any atom is -0.369 e. The fourth-order valence-corrected chi connectivity index (χ4v) is 2.70. The number of nitrogens with zero attached hydrogens (tertiary/aromatic N) is 3. The van der Waals surface area contributed by atoms with E-state index in [4.69, 9.17) is 5.26 Å². The molecule has 1 aliphatic rings. The summed E-state index contributed by atoms with van der Waals surface area (Å²) in [5.74, 6) is -0.199. The fraction of sp³-hybridized carbons (Fsp3) is 0.556. The molecule has 1 aromatic rings. The van der Waals surface area contributed by atoms with Crippen LogP contribution in [-0.2, 0) is 4.79 Å². The molecule has 0 spiro atoms. The van der Waals surface area contributed by atoms with Gasteiger partial charge in [-0.3, -0.25) is 9.69 Å². The lowest BCUT2D eigenvalue weighted by atomic mass is 9.95. The van der Waals surface area contributed by atoms with Crippen LogP contribution in [-0.4, -0.2) is 49.6 Å². The Morgan fingerprint density at radius 1 is 1.26 bits per heavy atom. The molecule has 5 nitrogen and oxygen atoms in total. The van der Waals surface area contributed by atoms with Gasteiger partial charge in [0.25, 0.3) is 0 Å². The number of carbonyl (C=O) groups excluding carboxylic acids is 1. The maximum atomic E-state index is 12.0. The topological polar surface area (TPSA) is 59.4 Å². The number of hydrogen-bond acceptors (Lipinski definition) is 4. The Morgan fingerprint density at radius 3 is 2.43 bits per heavy atom. The van der Waals surface area contributed by atoms with E-state index in [-0.39, 0.29) is 11.9 Å². The number of carbonyl (C=O) groups is 1. The first kappa shape index (κ1) is 17.3. The van der Waals surface area contributed by atoms with Crippen molar-refractivity contribution in [1.29, 1.82) is 5.26 Å². The van der Waals surface area contributed by atoms with Crippen LogP contribution >= 0.6 is 0 Å². The molecule has 1 fully saturated rings. The molecule has 5 heteroatoms. The van der Waals surface area contributed by atoms with E-state index in [9.17, 15) is 4.79 Å². The van der Waals surface area contributed by atoms with Crippen LogP contribution in [0.5, 0.6) is 0 Å². The largest absolute Gasteiger partial charge is 0.369 e. The summed E-state index contributed by atoms with van der Waals surface area (Å²) in [6.45, 7) is 9.93. The molecule has 124 valence electrons. The number of amides is 1. The van der Waals surface area contributed by atoms with Crippen molar-refractivity contribution in [2.75, 3.05) is 37.6 Å². The first-order valence-electron chi connectivity index (χ1n) is 8.17. The molecule has 0 aromatic heterocycles. The molecule has 1 atom stereocenters. The van der Waals surface area contributed by atoms with E-state index < -0.39 is 5.41 Å². The van der Waals surface area contributed by atoms with Gasteiger partial charge >= 0.3 is 0 Å². The molecule has 0 bridgehead atoms. The third-order valence-electron chi connectivity index (χ3n) is 4.46. The molecule has 1 unspecified atom stereocenters. The second-order valence-electron chi connectivity index (χ2n) is 6.65. The highest BCUT2D eigenvalue weighted by Gasteiger charge is 2.28. The molecule has 23 heavy (non-hydrogen) atoms. The molecular formula is C18H26N4O. The van der Waals surface area contributed by atoms with Gasteiger partial charge in [0.2, 0.25) is 5.91 Å². The van der Waals surface area contributed by atoms with Gasteiger partial charge in [-0.1, -0.05) is 18.2 Å². The first-order valence-corrected chi connectivity index (χ1v) is 8.17. The Labute approximate surface area is 138 Å². The van der Waals surface area contributed by atoms with Crippen molar-refractivity contribution in [2.45, 2.75) is 26.8 Å². The molecule has 2 rings (SSSR count). The van der Waals surface area contributed by atoms with Gasteiger partial charge in [-0.05, 0) is 32.9 Å². The van der Waals surface area contributed by atoms with Gasteiger partial charge in [-0.25, -0.2) is 0 Å². The minimum atomic E-state index is -0.967. The number of nitriles is 1. The summed E-state index contributed by atoms with van der Waals surface area (Å²) in [5.41, 5.74) is 0.301. The zero-order chi connectivity index (χ0) is 16.9. The van der Waals surface area contributed by atoms with E-state index in [0.29, 0.717) is 6.54 Å². The van der Waals surface area contributed by atoms with Crippen molar-refractivity contribution >= 4 is 11.6 Å². The van der Waals surface area contributed by atoms with Crippen LogP contribution in [0.3, 0.4) is 0 Å². The van der Waals surface area contributed by atoms with Crippen molar-refractivity contribution in [3.05, 3.63) is 30.3 Å². The van der Waals surface area contributed by atoms with Gasteiger partial charge in [0.1, 0.15) is 5.41 Å². The highest BCUT2D eigenvalue weighted by molar-refractivity contribution is 5.84. The molecular weight excluding hydrogens is 288 g/mol. The third kappa shape index (κ3) is 4.46. The Morgan fingerprint density at radius 2 is 1.87 bits per heavy atom. The van der Waals surface area contributed by atoms with Crippen LogP contribution in [0.15, 0.2) is 30.3 Å². The lowest BCUT2D eigenvalue weighted by Crippen LogP contribution is -2.53. The average Bonchev–Trinajstić information content (AvgIpc) is 2.60. The molecule has 0 radical (unpaired) electrons. The number of rotatable bonds is 5. The lowest BCUT2D eigenvalue weighted by molar-refractivity contribution is -0.127. The molecule has 0 saturated carbocycles. The Balaban J connectivity index is 1.79. The van der Waals surface area contributed by atoms with Crippen LogP contribution in [0.2, 0.25) is 0 Å². The van der Waals surface area contributed by atoms with Crippen LogP contribution in [0, 0.1) is 16.7 Å². The summed E-state index contributed by atoms with van der Waals surface area (Å²) in [4.78, 5) is 16.7. The minimum absolute atomic E-state index is 0.199. The number of benzene rings is 1. The second kappa shape index (κ2) is 7.47. The Bertz CT molecular complexity index is 556. The van der Waals surface area contributed by atoms with Gasteiger partial charge in [-0.2, -0.15) is 5.26 Å². The summed E-state index contributed by atoms with van der Waals surface area (Å²) in [6.07, 6.45) is 0. The predicted molar refractivity (Wildman–Crippen MR) is 92.1 cm³/mol. The van der Waals surface area contributed by atoms with Crippen molar-refractivity contribution in [1.82, 2.24) is 10.2 Å². The van der Waals surface area contributed by atoms with E-state index >= 15 is 0 Å². The molecule has 1 saturated heterocycles. The first-order chi connectivity index (χ1) is 10.9. The van der Waals surface area contributed by atoms with E-state index in [1.807, 2.05) is 12.1 Å². The molecule has 1 N–H and O–H groups in total. The van der Waals surface area contributed by atoms with E-state index in [1.165, 1.54) is 5.69 Å². The van der Waals surface area contributed by atoms with Crippen LogP contribution in [0.4, 0.5) is 5.69 Å². The number of hydrogen-bond donors (Lipinski definition) is 1. The van der Waals surface area contributed by atoms with Crippen molar-refractivity contribution in [3.8, 4) is 6.07 Å². The maximum Gasteiger partial charge on any atom is 0.239 e. The lowest BCUT2D eigenvalue weighted by Gasteiger charge is -2.39.